The average Bonchev–Trinajstić information content (AvgIpc) is 2.56. The lowest BCUT2D eigenvalue weighted by Crippen LogP contribution is -2.16. The van der Waals surface area contributed by atoms with Gasteiger partial charge >= 0.3 is 5.97 Å². The van der Waals surface area contributed by atoms with Gasteiger partial charge in [-0.1, -0.05) is 13.0 Å². The quantitative estimate of drug-likeness (QED) is 0.533. The van der Waals surface area contributed by atoms with Crippen LogP contribution in [0.5, 0.6) is 0 Å². The number of carbonyl (C=O) groups excluding carboxylic acids is 3. The fourth-order valence-corrected chi connectivity index (χ4v) is 1.82. The second-order valence-corrected chi connectivity index (χ2v) is 5.19. The van der Waals surface area contributed by atoms with Crippen LogP contribution in [0.25, 0.3) is 0 Å². The second kappa shape index (κ2) is 10.4. The molecule has 2 amide bonds. The molecule has 0 saturated heterocycles. The van der Waals surface area contributed by atoms with E-state index in [0.29, 0.717) is 24.4 Å². The Morgan fingerprint density at radius 2 is 1.79 bits per heavy atom. The van der Waals surface area contributed by atoms with Crippen molar-refractivity contribution in [3.63, 3.8) is 0 Å². The molecule has 0 fully saturated rings. The van der Waals surface area contributed by atoms with Gasteiger partial charge in [-0.15, -0.1) is 0 Å². The van der Waals surface area contributed by atoms with Crippen LogP contribution in [-0.4, -0.2) is 38.1 Å². The molecule has 0 aliphatic rings. The second-order valence-electron chi connectivity index (χ2n) is 5.19. The molecule has 0 spiro atoms. The van der Waals surface area contributed by atoms with Gasteiger partial charge in [0.1, 0.15) is 6.61 Å². The Morgan fingerprint density at radius 3 is 2.46 bits per heavy atom. The van der Waals surface area contributed by atoms with E-state index in [0.717, 1.165) is 5.56 Å². The van der Waals surface area contributed by atoms with Crippen LogP contribution >= 0.6 is 0 Å². The van der Waals surface area contributed by atoms with Crippen molar-refractivity contribution in [1.29, 1.82) is 0 Å². The van der Waals surface area contributed by atoms with Crippen LogP contribution in [0.3, 0.4) is 0 Å². The maximum atomic E-state index is 11.9. The number of esters is 1. The molecule has 0 unspecified atom stereocenters. The zero-order valence-electron chi connectivity index (χ0n) is 14.3. The van der Waals surface area contributed by atoms with Gasteiger partial charge in [-0.05, 0) is 24.6 Å². The zero-order valence-corrected chi connectivity index (χ0v) is 14.3. The number of amides is 2. The molecular weight excluding hydrogens is 312 g/mol. The Morgan fingerprint density at radius 1 is 1.04 bits per heavy atom. The molecule has 0 saturated carbocycles. The number of hydrogen-bond donors (Lipinski definition) is 2. The van der Waals surface area contributed by atoms with Crippen molar-refractivity contribution in [2.45, 2.75) is 33.1 Å². The molecule has 0 heterocycles. The van der Waals surface area contributed by atoms with E-state index >= 15 is 0 Å². The Labute approximate surface area is 141 Å². The van der Waals surface area contributed by atoms with Gasteiger partial charge < -0.3 is 20.1 Å². The maximum absolute atomic E-state index is 11.9. The number of anilines is 2. The van der Waals surface area contributed by atoms with Crippen molar-refractivity contribution in [2.24, 2.45) is 0 Å². The standard InChI is InChI=1S/C17H24N2O5/c1-4-15(20)19-14-11-13(6-5-12(14)2)18-16(21)7-8-17(22)24-10-9-23-3/h5-6,11H,4,7-10H2,1-3H3,(H,18,21)(H,19,20). The molecule has 0 aliphatic carbocycles. The van der Waals surface area contributed by atoms with Gasteiger partial charge in [0.25, 0.3) is 0 Å². The number of benzene rings is 1. The van der Waals surface area contributed by atoms with Crippen molar-refractivity contribution in [1.82, 2.24) is 0 Å². The van der Waals surface area contributed by atoms with Gasteiger partial charge in [-0.3, -0.25) is 14.4 Å². The summed E-state index contributed by atoms with van der Waals surface area (Å²) < 4.78 is 9.65. The van der Waals surface area contributed by atoms with Crippen LogP contribution in [-0.2, 0) is 23.9 Å². The van der Waals surface area contributed by atoms with Crippen LogP contribution in [0.15, 0.2) is 18.2 Å². The molecule has 1 rings (SSSR count). The van der Waals surface area contributed by atoms with E-state index in [1.807, 2.05) is 6.92 Å². The predicted octanol–water partition coefficient (Wildman–Crippen LogP) is 2.25. The summed E-state index contributed by atoms with van der Waals surface area (Å²) >= 11 is 0. The van der Waals surface area contributed by atoms with Crippen LogP contribution in [0.1, 0.15) is 31.7 Å². The maximum Gasteiger partial charge on any atom is 0.306 e. The molecule has 24 heavy (non-hydrogen) atoms. The molecule has 7 heteroatoms. The fourth-order valence-electron chi connectivity index (χ4n) is 1.82. The summed E-state index contributed by atoms with van der Waals surface area (Å²) in [6, 6.07) is 5.24. The average molecular weight is 336 g/mol. The van der Waals surface area contributed by atoms with Crippen molar-refractivity contribution in [3.05, 3.63) is 23.8 Å². The van der Waals surface area contributed by atoms with Crippen molar-refractivity contribution >= 4 is 29.2 Å². The molecule has 0 bridgehead atoms. The number of methoxy groups -OCH3 is 1. The third kappa shape index (κ3) is 7.23. The zero-order chi connectivity index (χ0) is 17.9. The summed E-state index contributed by atoms with van der Waals surface area (Å²) in [6.07, 6.45) is 0.401. The first-order valence-electron chi connectivity index (χ1n) is 7.81. The van der Waals surface area contributed by atoms with Gasteiger partial charge in [0.05, 0.1) is 13.0 Å². The lowest BCUT2D eigenvalue weighted by molar-refractivity contribution is -0.145. The van der Waals surface area contributed by atoms with Crippen LogP contribution in [0.4, 0.5) is 11.4 Å². The third-order valence-electron chi connectivity index (χ3n) is 3.22. The lowest BCUT2D eigenvalue weighted by Gasteiger charge is -2.11. The largest absolute Gasteiger partial charge is 0.463 e. The van der Waals surface area contributed by atoms with Gasteiger partial charge in [-0.2, -0.15) is 0 Å². The number of rotatable bonds is 9. The van der Waals surface area contributed by atoms with Crippen LogP contribution < -0.4 is 10.6 Å². The van der Waals surface area contributed by atoms with E-state index in [1.165, 1.54) is 7.11 Å². The van der Waals surface area contributed by atoms with Crippen LogP contribution in [0, 0.1) is 6.92 Å². The third-order valence-corrected chi connectivity index (χ3v) is 3.22. The SMILES string of the molecule is CCC(=O)Nc1cc(NC(=O)CCC(=O)OCCOC)ccc1C. The number of hydrogen-bond acceptors (Lipinski definition) is 5. The van der Waals surface area contributed by atoms with E-state index in [9.17, 15) is 14.4 Å². The highest BCUT2D eigenvalue weighted by Gasteiger charge is 2.10. The first kappa shape index (κ1) is 19.6. The minimum atomic E-state index is -0.443. The number of ether oxygens (including phenoxy) is 2. The first-order chi connectivity index (χ1) is 11.5. The molecule has 0 aliphatic heterocycles. The van der Waals surface area contributed by atoms with Crippen LogP contribution in [0.2, 0.25) is 0 Å². The van der Waals surface area contributed by atoms with E-state index in [4.69, 9.17) is 9.47 Å². The van der Waals surface area contributed by atoms with Crippen molar-refractivity contribution < 1.29 is 23.9 Å². The highest BCUT2D eigenvalue weighted by molar-refractivity contribution is 5.95. The molecule has 0 atom stereocenters. The summed E-state index contributed by atoms with van der Waals surface area (Å²) in [5.41, 5.74) is 2.11. The molecule has 1 aromatic carbocycles. The summed E-state index contributed by atoms with van der Waals surface area (Å²) in [4.78, 5) is 34.8. The number of aryl methyl sites for hydroxylation is 1. The Kier molecular flexibility index (Phi) is 8.49. The Hall–Kier alpha value is -2.41. The summed E-state index contributed by atoms with van der Waals surface area (Å²) in [7, 11) is 1.51. The smallest absolute Gasteiger partial charge is 0.306 e. The minimum absolute atomic E-state index is 0.000830. The fraction of sp³-hybridized carbons (Fsp3) is 0.471. The van der Waals surface area contributed by atoms with Crippen molar-refractivity contribution in [3.8, 4) is 0 Å². The van der Waals surface area contributed by atoms with Gasteiger partial charge in [0.2, 0.25) is 11.8 Å². The van der Waals surface area contributed by atoms with Gasteiger partial charge in [-0.25, -0.2) is 0 Å². The van der Waals surface area contributed by atoms with E-state index in [1.54, 1.807) is 25.1 Å². The number of carbonyl (C=O) groups is 3. The van der Waals surface area contributed by atoms with Gasteiger partial charge in [0.15, 0.2) is 0 Å². The van der Waals surface area contributed by atoms with E-state index in [-0.39, 0.29) is 31.3 Å². The predicted molar refractivity (Wildman–Crippen MR) is 90.8 cm³/mol. The normalized spacial score (nSPS) is 10.1. The lowest BCUT2D eigenvalue weighted by atomic mass is 10.1. The topological polar surface area (TPSA) is 93.7 Å². The molecule has 0 radical (unpaired) electrons. The summed E-state index contributed by atoms with van der Waals surface area (Å²) in [6.45, 7) is 4.14. The van der Waals surface area contributed by atoms with E-state index in [2.05, 4.69) is 10.6 Å². The molecule has 1 aromatic rings. The molecule has 132 valence electrons. The van der Waals surface area contributed by atoms with Crippen molar-refractivity contribution in [2.75, 3.05) is 31.0 Å². The van der Waals surface area contributed by atoms with Gasteiger partial charge in [0, 0.05) is 31.3 Å². The summed E-state index contributed by atoms with van der Waals surface area (Å²) in [5, 5.41) is 5.48. The Bertz CT molecular complexity index is 586. The highest BCUT2D eigenvalue weighted by atomic mass is 16.6. The number of nitrogens with one attached hydrogen (secondary N) is 2. The monoisotopic (exact) mass is 336 g/mol. The molecule has 2 N–H and O–H groups in total. The highest BCUT2D eigenvalue weighted by Crippen LogP contribution is 2.20. The van der Waals surface area contributed by atoms with E-state index < -0.39 is 5.97 Å². The Balaban J connectivity index is 2.50. The molecule has 7 nitrogen and oxygen atoms in total. The molecule has 0 aromatic heterocycles. The summed E-state index contributed by atoms with van der Waals surface area (Å²) in [5.74, 6) is -0.835. The first-order valence-corrected chi connectivity index (χ1v) is 7.81. The molecular formula is C17H24N2O5. The minimum Gasteiger partial charge on any atom is -0.463 e.